The van der Waals surface area contributed by atoms with Crippen molar-refractivity contribution in [2.75, 3.05) is 0 Å². The number of hydrogen-bond donors (Lipinski definition) is 4. The van der Waals surface area contributed by atoms with Gasteiger partial charge in [0.25, 0.3) is 0 Å². The Morgan fingerprint density at radius 1 is 0.667 bits per heavy atom. The molecule has 0 saturated heterocycles. The Labute approximate surface area is 71.5 Å². The van der Waals surface area contributed by atoms with Crippen molar-refractivity contribution < 1.29 is 20.4 Å². The number of rotatable bonds is 0. The zero-order valence-corrected chi connectivity index (χ0v) is 6.93. The SMILES string of the molecule is O[C@@H]1[C@@H](O)[C@@H](O)CCCC[C@@H]1O. The van der Waals surface area contributed by atoms with E-state index in [1.165, 1.54) is 0 Å². The molecule has 0 aromatic heterocycles. The van der Waals surface area contributed by atoms with Gasteiger partial charge in [-0.1, -0.05) is 12.8 Å². The minimum absolute atomic E-state index is 0.491. The zero-order valence-electron chi connectivity index (χ0n) is 6.93. The van der Waals surface area contributed by atoms with Crippen LogP contribution in [0, 0.1) is 0 Å². The molecule has 0 bridgehead atoms. The standard InChI is InChI=1S/C8H16O4/c9-5-3-1-2-4-6(10)8(12)7(5)11/h5-12H,1-4H2/t5-,6-,7-,8-/m0/s1. The van der Waals surface area contributed by atoms with Crippen LogP contribution in [0.1, 0.15) is 25.7 Å². The van der Waals surface area contributed by atoms with Gasteiger partial charge in [0.05, 0.1) is 12.2 Å². The Balaban J connectivity index is 2.55. The maximum Gasteiger partial charge on any atom is 0.108 e. The molecule has 4 atom stereocenters. The van der Waals surface area contributed by atoms with E-state index < -0.39 is 24.4 Å². The average Bonchev–Trinajstić information content (AvgIpc) is 2.07. The van der Waals surface area contributed by atoms with Gasteiger partial charge in [0, 0.05) is 0 Å². The minimum atomic E-state index is -1.21. The van der Waals surface area contributed by atoms with E-state index >= 15 is 0 Å². The molecule has 0 unspecified atom stereocenters. The van der Waals surface area contributed by atoms with Crippen LogP contribution in [0.5, 0.6) is 0 Å². The molecule has 1 aliphatic carbocycles. The summed E-state index contributed by atoms with van der Waals surface area (Å²) in [6, 6.07) is 0. The summed E-state index contributed by atoms with van der Waals surface area (Å²) in [5.74, 6) is 0. The van der Waals surface area contributed by atoms with Gasteiger partial charge in [-0.3, -0.25) is 0 Å². The molecule has 0 heterocycles. The van der Waals surface area contributed by atoms with Gasteiger partial charge in [-0.15, -0.1) is 0 Å². The lowest BCUT2D eigenvalue weighted by Crippen LogP contribution is -2.45. The van der Waals surface area contributed by atoms with Crippen LogP contribution >= 0.6 is 0 Å². The fourth-order valence-corrected chi connectivity index (χ4v) is 1.50. The molecule has 72 valence electrons. The summed E-state index contributed by atoms with van der Waals surface area (Å²) in [6.45, 7) is 0. The first-order chi connectivity index (χ1) is 5.63. The first kappa shape index (κ1) is 9.92. The van der Waals surface area contributed by atoms with Gasteiger partial charge in [0.2, 0.25) is 0 Å². The molecule has 4 nitrogen and oxygen atoms in total. The molecule has 0 aliphatic heterocycles. The molecule has 1 saturated carbocycles. The monoisotopic (exact) mass is 176 g/mol. The van der Waals surface area contributed by atoms with Crippen LogP contribution in [0.25, 0.3) is 0 Å². The van der Waals surface area contributed by atoms with Crippen molar-refractivity contribution in [2.45, 2.75) is 50.1 Å². The molecule has 12 heavy (non-hydrogen) atoms. The lowest BCUT2D eigenvalue weighted by atomic mass is 9.92. The van der Waals surface area contributed by atoms with Crippen LogP contribution in [-0.2, 0) is 0 Å². The van der Waals surface area contributed by atoms with E-state index in [0.29, 0.717) is 12.8 Å². The number of aliphatic hydroxyl groups is 4. The molecule has 0 spiro atoms. The third-order valence-electron chi connectivity index (χ3n) is 2.39. The fraction of sp³-hybridized carbons (Fsp3) is 1.00. The molecule has 0 aromatic rings. The highest BCUT2D eigenvalue weighted by Gasteiger charge is 2.31. The highest BCUT2D eigenvalue weighted by atomic mass is 16.4. The van der Waals surface area contributed by atoms with Gasteiger partial charge in [0.1, 0.15) is 12.2 Å². The van der Waals surface area contributed by atoms with Crippen LogP contribution in [0.3, 0.4) is 0 Å². The second kappa shape index (κ2) is 4.18. The van der Waals surface area contributed by atoms with Gasteiger partial charge in [-0.2, -0.15) is 0 Å². The van der Waals surface area contributed by atoms with Crippen LogP contribution < -0.4 is 0 Å². The van der Waals surface area contributed by atoms with Crippen LogP contribution in [-0.4, -0.2) is 44.8 Å². The summed E-state index contributed by atoms with van der Waals surface area (Å²) in [5, 5.41) is 37.0. The zero-order chi connectivity index (χ0) is 9.14. The molecular weight excluding hydrogens is 160 g/mol. The maximum atomic E-state index is 9.26. The summed E-state index contributed by atoms with van der Waals surface area (Å²) in [7, 11) is 0. The largest absolute Gasteiger partial charge is 0.390 e. The van der Waals surface area contributed by atoms with Crippen molar-refractivity contribution in [1.82, 2.24) is 0 Å². The van der Waals surface area contributed by atoms with Crippen LogP contribution in [0.15, 0.2) is 0 Å². The van der Waals surface area contributed by atoms with E-state index in [1.807, 2.05) is 0 Å². The van der Waals surface area contributed by atoms with Gasteiger partial charge >= 0.3 is 0 Å². The summed E-state index contributed by atoms with van der Waals surface area (Å²) in [4.78, 5) is 0. The molecule has 0 aromatic carbocycles. The summed E-state index contributed by atoms with van der Waals surface area (Å²) in [6.07, 6.45) is -1.69. The summed E-state index contributed by atoms with van der Waals surface area (Å²) >= 11 is 0. The number of hydrogen-bond acceptors (Lipinski definition) is 4. The van der Waals surface area contributed by atoms with E-state index in [-0.39, 0.29) is 0 Å². The fourth-order valence-electron chi connectivity index (χ4n) is 1.50. The molecule has 0 radical (unpaired) electrons. The van der Waals surface area contributed by atoms with Crippen molar-refractivity contribution in [2.24, 2.45) is 0 Å². The molecule has 1 rings (SSSR count). The van der Waals surface area contributed by atoms with Crippen molar-refractivity contribution in [3.05, 3.63) is 0 Å². The molecule has 4 N–H and O–H groups in total. The first-order valence-corrected chi connectivity index (χ1v) is 4.35. The average molecular weight is 176 g/mol. The Hall–Kier alpha value is -0.160. The lowest BCUT2D eigenvalue weighted by Gasteiger charge is -2.28. The quantitative estimate of drug-likeness (QED) is 0.382. The normalized spacial score (nSPS) is 45.0. The van der Waals surface area contributed by atoms with Gasteiger partial charge < -0.3 is 20.4 Å². The Morgan fingerprint density at radius 3 is 1.33 bits per heavy atom. The third-order valence-corrected chi connectivity index (χ3v) is 2.39. The Bertz CT molecular complexity index is 123. The van der Waals surface area contributed by atoms with E-state index in [4.69, 9.17) is 0 Å². The van der Waals surface area contributed by atoms with Crippen molar-refractivity contribution >= 4 is 0 Å². The molecule has 4 heteroatoms. The predicted molar refractivity (Wildman–Crippen MR) is 42.5 cm³/mol. The smallest absolute Gasteiger partial charge is 0.108 e. The van der Waals surface area contributed by atoms with Crippen molar-refractivity contribution in [1.29, 1.82) is 0 Å². The summed E-state index contributed by atoms with van der Waals surface area (Å²) < 4.78 is 0. The number of aliphatic hydroxyl groups excluding tert-OH is 4. The Morgan fingerprint density at radius 2 is 1.00 bits per heavy atom. The molecular formula is C8H16O4. The molecule has 0 amide bonds. The minimum Gasteiger partial charge on any atom is -0.390 e. The molecule has 1 aliphatic rings. The second-order valence-corrected chi connectivity index (χ2v) is 3.40. The topological polar surface area (TPSA) is 80.9 Å². The van der Waals surface area contributed by atoms with E-state index in [2.05, 4.69) is 0 Å². The highest BCUT2D eigenvalue weighted by Crippen LogP contribution is 2.18. The van der Waals surface area contributed by atoms with E-state index in [0.717, 1.165) is 12.8 Å². The van der Waals surface area contributed by atoms with E-state index in [1.54, 1.807) is 0 Å². The molecule has 1 fully saturated rings. The van der Waals surface area contributed by atoms with Gasteiger partial charge in [-0.25, -0.2) is 0 Å². The van der Waals surface area contributed by atoms with Gasteiger partial charge in [0.15, 0.2) is 0 Å². The van der Waals surface area contributed by atoms with Crippen LogP contribution in [0.2, 0.25) is 0 Å². The van der Waals surface area contributed by atoms with Crippen molar-refractivity contribution in [3.8, 4) is 0 Å². The lowest BCUT2D eigenvalue weighted by molar-refractivity contribution is -0.114. The third kappa shape index (κ3) is 2.17. The Kier molecular flexibility index (Phi) is 3.46. The highest BCUT2D eigenvalue weighted by molar-refractivity contribution is 4.82. The van der Waals surface area contributed by atoms with Crippen LogP contribution in [0.4, 0.5) is 0 Å². The first-order valence-electron chi connectivity index (χ1n) is 4.35. The van der Waals surface area contributed by atoms with Crippen molar-refractivity contribution in [3.63, 3.8) is 0 Å². The second-order valence-electron chi connectivity index (χ2n) is 3.40. The maximum absolute atomic E-state index is 9.26. The van der Waals surface area contributed by atoms with E-state index in [9.17, 15) is 20.4 Å². The predicted octanol–water partition coefficient (Wildman–Crippen LogP) is -0.996. The summed E-state index contributed by atoms with van der Waals surface area (Å²) in [5.41, 5.74) is 0. The van der Waals surface area contributed by atoms with Gasteiger partial charge in [-0.05, 0) is 12.8 Å².